The number of carbonyl (C=O) groups is 1. The van der Waals surface area contributed by atoms with Gasteiger partial charge in [-0.1, -0.05) is 6.07 Å². The number of aromatic nitrogens is 2. The first-order chi connectivity index (χ1) is 14.0. The summed E-state index contributed by atoms with van der Waals surface area (Å²) in [4.78, 5) is 23.8. The van der Waals surface area contributed by atoms with Crippen LogP contribution in [0.25, 0.3) is 0 Å². The minimum Gasteiger partial charge on any atom is -0.481 e. The fourth-order valence-electron chi connectivity index (χ4n) is 4.04. The molecule has 0 unspecified atom stereocenters. The number of ether oxygens (including phenoxy) is 2. The van der Waals surface area contributed by atoms with Crippen molar-refractivity contribution in [2.75, 3.05) is 25.1 Å². The number of pyridine rings is 2. The van der Waals surface area contributed by atoms with Crippen LogP contribution < -0.4 is 15.0 Å². The Bertz CT molecular complexity index is 874. The van der Waals surface area contributed by atoms with Gasteiger partial charge in [-0.25, -0.2) is 4.98 Å². The van der Waals surface area contributed by atoms with E-state index in [4.69, 9.17) is 9.47 Å². The van der Waals surface area contributed by atoms with Crippen molar-refractivity contribution in [2.24, 2.45) is 0 Å². The number of amides is 1. The molecule has 154 valence electrons. The molecule has 4 rings (SSSR count). The van der Waals surface area contributed by atoms with Crippen LogP contribution in [0.5, 0.6) is 5.88 Å². The molecule has 2 aromatic rings. The maximum atomic E-state index is 12.9. The number of morpholine rings is 1. The Morgan fingerprint density at radius 1 is 1.24 bits per heavy atom. The molecule has 1 saturated carbocycles. The fraction of sp³-hybridized carbons (Fsp3) is 0.500. The van der Waals surface area contributed by atoms with Crippen LogP contribution in [0.2, 0.25) is 0 Å². The second-order valence-electron chi connectivity index (χ2n) is 8.14. The van der Waals surface area contributed by atoms with Crippen molar-refractivity contribution in [3.8, 4) is 5.88 Å². The topological polar surface area (TPSA) is 76.6 Å². The summed E-state index contributed by atoms with van der Waals surface area (Å²) in [5.74, 6) is 0.477. The van der Waals surface area contributed by atoms with E-state index < -0.39 is 0 Å². The molecular weight excluding hydrogens is 368 g/mol. The van der Waals surface area contributed by atoms with Gasteiger partial charge in [-0.3, -0.25) is 9.78 Å². The Morgan fingerprint density at radius 3 is 2.69 bits per heavy atom. The molecule has 1 N–H and O–H groups in total. The first-order valence-corrected chi connectivity index (χ1v) is 10.1. The molecule has 29 heavy (non-hydrogen) atoms. The normalized spacial score (nSPS) is 22.8. The van der Waals surface area contributed by atoms with Crippen LogP contribution in [-0.4, -0.2) is 53.8 Å². The highest BCUT2D eigenvalue weighted by atomic mass is 16.5. The third-order valence-corrected chi connectivity index (χ3v) is 5.57. The van der Waals surface area contributed by atoms with E-state index in [0.29, 0.717) is 18.0 Å². The van der Waals surface area contributed by atoms with Crippen LogP contribution in [0.1, 0.15) is 42.7 Å². The standard InChI is InChI=1S/C22H28N4O3/c1-15-13-26(14-16(2)29-15)18-6-10-23-19(11-18)20(27)25-22(7-8-22)12-17-5-4-9-24-21(17)28-3/h4-6,9-11,15-16H,7-8,12-14H2,1-3H3,(H,25,27)/t15-,16+. The molecule has 0 spiro atoms. The number of nitrogens with one attached hydrogen (secondary N) is 1. The predicted octanol–water partition coefficient (Wildman–Crippen LogP) is 2.60. The molecule has 0 aromatic carbocycles. The summed E-state index contributed by atoms with van der Waals surface area (Å²) >= 11 is 0. The van der Waals surface area contributed by atoms with E-state index in [1.807, 2.05) is 24.3 Å². The van der Waals surface area contributed by atoms with Crippen molar-refractivity contribution in [3.63, 3.8) is 0 Å². The molecule has 3 heterocycles. The minimum atomic E-state index is -0.243. The zero-order chi connectivity index (χ0) is 20.4. The summed E-state index contributed by atoms with van der Waals surface area (Å²) in [6.07, 6.45) is 6.32. The van der Waals surface area contributed by atoms with Crippen LogP contribution in [0.3, 0.4) is 0 Å². The molecule has 2 fully saturated rings. The van der Waals surface area contributed by atoms with Crippen molar-refractivity contribution in [2.45, 2.75) is 50.9 Å². The summed E-state index contributed by atoms with van der Waals surface area (Å²) < 4.78 is 11.2. The zero-order valence-electron chi connectivity index (χ0n) is 17.2. The summed E-state index contributed by atoms with van der Waals surface area (Å²) in [7, 11) is 1.62. The summed E-state index contributed by atoms with van der Waals surface area (Å²) in [5.41, 5.74) is 2.21. The van der Waals surface area contributed by atoms with Crippen molar-refractivity contribution in [1.29, 1.82) is 0 Å². The molecule has 1 aliphatic carbocycles. The highest BCUT2D eigenvalue weighted by molar-refractivity contribution is 5.94. The van der Waals surface area contributed by atoms with E-state index in [-0.39, 0.29) is 23.7 Å². The molecule has 2 aliphatic rings. The van der Waals surface area contributed by atoms with Gasteiger partial charge in [0.25, 0.3) is 5.91 Å². The largest absolute Gasteiger partial charge is 0.481 e. The Morgan fingerprint density at radius 2 is 2.00 bits per heavy atom. The average Bonchev–Trinajstić information content (AvgIpc) is 3.46. The smallest absolute Gasteiger partial charge is 0.270 e. The van der Waals surface area contributed by atoms with E-state index >= 15 is 0 Å². The zero-order valence-corrected chi connectivity index (χ0v) is 17.2. The maximum Gasteiger partial charge on any atom is 0.270 e. The van der Waals surface area contributed by atoms with E-state index in [1.54, 1.807) is 19.5 Å². The Labute approximate surface area is 171 Å². The van der Waals surface area contributed by atoms with Crippen molar-refractivity contribution in [3.05, 3.63) is 47.9 Å². The molecule has 2 aromatic heterocycles. The maximum absolute atomic E-state index is 12.9. The van der Waals surface area contributed by atoms with Crippen molar-refractivity contribution >= 4 is 11.6 Å². The fourth-order valence-corrected chi connectivity index (χ4v) is 4.04. The number of nitrogens with zero attached hydrogens (tertiary/aromatic N) is 3. The van der Waals surface area contributed by atoms with Gasteiger partial charge in [-0.05, 0) is 44.9 Å². The number of hydrogen-bond acceptors (Lipinski definition) is 6. The lowest BCUT2D eigenvalue weighted by Gasteiger charge is -2.36. The first kappa shape index (κ1) is 19.6. The predicted molar refractivity (Wildman–Crippen MR) is 110 cm³/mol. The highest BCUT2D eigenvalue weighted by Crippen LogP contribution is 2.40. The molecule has 7 heteroatoms. The molecule has 2 atom stereocenters. The van der Waals surface area contributed by atoms with Gasteiger partial charge in [0.2, 0.25) is 5.88 Å². The van der Waals surface area contributed by atoms with Gasteiger partial charge in [0, 0.05) is 48.7 Å². The van der Waals surface area contributed by atoms with Crippen LogP contribution in [-0.2, 0) is 11.2 Å². The summed E-state index contributed by atoms with van der Waals surface area (Å²) in [6.45, 7) is 5.75. The van der Waals surface area contributed by atoms with Crippen LogP contribution in [0.4, 0.5) is 5.69 Å². The molecule has 1 aliphatic heterocycles. The molecule has 0 radical (unpaired) electrons. The van der Waals surface area contributed by atoms with E-state index in [2.05, 4.69) is 34.0 Å². The Balaban J connectivity index is 1.46. The van der Waals surface area contributed by atoms with E-state index in [9.17, 15) is 4.79 Å². The average molecular weight is 396 g/mol. The van der Waals surface area contributed by atoms with Crippen LogP contribution >= 0.6 is 0 Å². The third-order valence-electron chi connectivity index (χ3n) is 5.57. The van der Waals surface area contributed by atoms with Gasteiger partial charge in [0.1, 0.15) is 5.69 Å². The lowest BCUT2D eigenvalue weighted by molar-refractivity contribution is -0.00522. The van der Waals surface area contributed by atoms with Crippen LogP contribution in [0, 0.1) is 0 Å². The quantitative estimate of drug-likeness (QED) is 0.809. The molecule has 1 amide bonds. The van der Waals surface area contributed by atoms with E-state index in [1.165, 1.54) is 0 Å². The van der Waals surface area contributed by atoms with Gasteiger partial charge in [0.15, 0.2) is 0 Å². The third kappa shape index (κ3) is 4.50. The molecule has 1 saturated heterocycles. The van der Waals surface area contributed by atoms with Gasteiger partial charge >= 0.3 is 0 Å². The second-order valence-corrected chi connectivity index (χ2v) is 8.14. The minimum absolute atomic E-state index is 0.137. The molecular formula is C22H28N4O3. The summed E-state index contributed by atoms with van der Waals surface area (Å²) in [6, 6.07) is 7.72. The number of methoxy groups -OCH3 is 1. The van der Waals surface area contributed by atoms with Crippen molar-refractivity contribution < 1.29 is 14.3 Å². The summed E-state index contributed by atoms with van der Waals surface area (Å²) in [5, 5.41) is 3.20. The van der Waals surface area contributed by atoms with Crippen molar-refractivity contribution in [1.82, 2.24) is 15.3 Å². The van der Waals surface area contributed by atoms with Gasteiger partial charge < -0.3 is 19.7 Å². The highest BCUT2D eigenvalue weighted by Gasteiger charge is 2.45. The van der Waals surface area contributed by atoms with E-state index in [0.717, 1.165) is 37.2 Å². The van der Waals surface area contributed by atoms with Gasteiger partial charge in [-0.2, -0.15) is 0 Å². The lowest BCUT2D eigenvalue weighted by atomic mass is 10.0. The molecule has 0 bridgehead atoms. The first-order valence-electron chi connectivity index (χ1n) is 10.1. The SMILES string of the molecule is COc1ncccc1CC1(NC(=O)c2cc(N3C[C@@H](C)O[C@@H](C)C3)ccn2)CC1. The monoisotopic (exact) mass is 396 g/mol. The number of hydrogen-bond donors (Lipinski definition) is 1. The van der Waals surface area contributed by atoms with Gasteiger partial charge in [-0.15, -0.1) is 0 Å². The van der Waals surface area contributed by atoms with Crippen LogP contribution in [0.15, 0.2) is 36.7 Å². The Kier molecular flexibility index (Phi) is 5.41. The number of carbonyl (C=O) groups excluding carboxylic acids is 1. The lowest BCUT2D eigenvalue weighted by Crippen LogP contribution is -2.45. The molecule has 7 nitrogen and oxygen atoms in total. The second kappa shape index (κ2) is 7.99. The van der Waals surface area contributed by atoms with Gasteiger partial charge in [0.05, 0.1) is 19.3 Å². The number of rotatable bonds is 6. The Hall–Kier alpha value is -2.67. The number of anilines is 1.